The van der Waals surface area contributed by atoms with Crippen LogP contribution in [0.25, 0.3) is 0 Å². The number of nitrogen functional groups attached to an aromatic ring is 2. The largest absolute Gasteiger partial charge is 0.395 e. The molecular weight excluding hydrogens is 240 g/mol. The Balaban J connectivity index is 2.39. The summed E-state index contributed by atoms with van der Waals surface area (Å²) in [5.41, 5.74) is 10.6. The number of nitrogens with zero attached hydrogens (tertiary/aromatic N) is 2. The number of hydrogen-bond acceptors (Lipinski definition) is 7. The summed E-state index contributed by atoms with van der Waals surface area (Å²) < 4.78 is 6.60. The Labute approximate surface area is 103 Å². The molecule has 8 heteroatoms. The molecule has 1 fully saturated rings. The fraction of sp³-hybridized carbons (Fsp3) is 0.600. The van der Waals surface area contributed by atoms with E-state index in [0.29, 0.717) is 0 Å². The number of aliphatic hydroxyl groups excluding tert-OH is 2. The highest BCUT2D eigenvalue weighted by molar-refractivity contribution is 5.55. The molecule has 0 spiro atoms. The van der Waals surface area contributed by atoms with Crippen LogP contribution in [0.3, 0.4) is 0 Å². The summed E-state index contributed by atoms with van der Waals surface area (Å²) in [4.78, 5) is 15.3. The summed E-state index contributed by atoms with van der Waals surface area (Å²) in [6, 6.07) is 0. The summed E-state index contributed by atoms with van der Waals surface area (Å²) >= 11 is 0. The van der Waals surface area contributed by atoms with E-state index in [2.05, 4.69) is 4.98 Å². The van der Waals surface area contributed by atoms with Gasteiger partial charge in [0.25, 0.3) is 0 Å². The third-order valence-electron chi connectivity index (χ3n) is 3.15. The zero-order valence-electron chi connectivity index (χ0n) is 9.85. The Kier molecular flexibility index (Phi) is 3.24. The van der Waals surface area contributed by atoms with Crippen molar-refractivity contribution in [2.75, 3.05) is 18.1 Å². The highest BCUT2D eigenvalue weighted by atomic mass is 16.5. The summed E-state index contributed by atoms with van der Waals surface area (Å²) in [7, 11) is 0. The van der Waals surface area contributed by atoms with Crippen molar-refractivity contribution in [3.05, 3.63) is 16.7 Å². The van der Waals surface area contributed by atoms with Gasteiger partial charge < -0.3 is 26.4 Å². The quantitative estimate of drug-likeness (QED) is 0.494. The van der Waals surface area contributed by atoms with E-state index in [4.69, 9.17) is 21.3 Å². The molecule has 100 valence electrons. The molecule has 0 amide bonds. The van der Waals surface area contributed by atoms with Gasteiger partial charge >= 0.3 is 5.69 Å². The van der Waals surface area contributed by atoms with Crippen molar-refractivity contribution >= 4 is 11.5 Å². The minimum absolute atomic E-state index is 0.0406. The van der Waals surface area contributed by atoms with E-state index in [9.17, 15) is 9.90 Å². The van der Waals surface area contributed by atoms with E-state index >= 15 is 0 Å². The lowest BCUT2D eigenvalue weighted by atomic mass is 10.0. The molecule has 0 aromatic carbocycles. The Morgan fingerprint density at radius 3 is 2.78 bits per heavy atom. The monoisotopic (exact) mass is 256 g/mol. The van der Waals surface area contributed by atoms with E-state index in [-0.39, 0.29) is 24.0 Å². The number of nitrogens with two attached hydrogens (primary N) is 2. The Morgan fingerprint density at radius 2 is 2.22 bits per heavy atom. The first-order valence-electron chi connectivity index (χ1n) is 5.54. The summed E-state index contributed by atoms with van der Waals surface area (Å²) in [6.45, 7) is 1.39. The molecule has 1 saturated heterocycles. The average Bonchev–Trinajstić information content (AvgIpc) is 2.61. The van der Waals surface area contributed by atoms with Crippen molar-refractivity contribution in [2.45, 2.75) is 25.4 Å². The molecule has 1 aliphatic heterocycles. The van der Waals surface area contributed by atoms with E-state index in [0.717, 1.165) is 0 Å². The van der Waals surface area contributed by atoms with E-state index in [1.54, 1.807) is 6.92 Å². The van der Waals surface area contributed by atoms with Gasteiger partial charge in [-0.15, -0.1) is 0 Å². The standard InChI is InChI=1S/C10H16N4O4/c1-4-7(16)6(3-15)18-9(4)14-2-5(11)8(12)13-10(14)17/h2,4,6-7,9,15-16H,3,11H2,1H3,(H2,12,13,17)/t4-,6-,7+,9-/m1/s1. The molecule has 1 aromatic heterocycles. The number of hydrogen-bond donors (Lipinski definition) is 4. The smallest absolute Gasteiger partial charge is 0.351 e. The summed E-state index contributed by atoms with van der Waals surface area (Å²) in [5.74, 6) is -0.411. The van der Waals surface area contributed by atoms with Crippen LogP contribution in [0.4, 0.5) is 11.5 Å². The van der Waals surface area contributed by atoms with Crippen molar-refractivity contribution in [3.63, 3.8) is 0 Å². The van der Waals surface area contributed by atoms with Gasteiger partial charge in [-0.2, -0.15) is 4.98 Å². The molecule has 4 atom stereocenters. The third-order valence-corrected chi connectivity index (χ3v) is 3.15. The number of aromatic nitrogens is 2. The third kappa shape index (κ3) is 1.94. The SMILES string of the molecule is C[C@@H]1[C@H](O)[C@@H](CO)O[C@H]1n1cc(N)c(N)nc1=O. The zero-order valence-corrected chi connectivity index (χ0v) is 9.85. The average molecular weight is 256 g/mol. The van der Waals surface area contributed by atoms with E-state index < -0.39 is 24.1 Å². The van der Waals surface area contributed by atoms with Crippen LogP contribution in [0.5, 0.6) is 0 Å². The van der Waals surface area contributed by atoms with Crippen molar-refractivity contribution in [1.29, 1.82) is 0 Å². The van der Waals surface area contributed by atoms with Crippen LogP contribution in [0, 0.1) is 5.92 Å². The molecular formula is C10H16N4O4. The number of aliphatic hydroxyl groups is 2. The van der Waals surface area contributed by atoms with Gasteiger partial charge in [-0.3, -0.25) is 4.57 Å². The molecule has 1 aliphatic rings. The maximum absolute atomic E-state index is 11.7. The molecule has 0 radical (unpaired) electrons. The molecule has 2 rings (SSSR count). The van der Waals surface area contributed by atoms with E-state index in [1.807, 2.05) is 0 Å². The second kappa shape index (κ2) is 4.56. The maximum atomic E-state index is 11.7. The van der Waals surface area contributed by atoms with Gasteiger partial charge in [0.1, 0.15) is 12.3 Å². The van der Waals surface area contributed by atoms with Crippen molar-refractivity contribution in [2.24, 2.45) is 5.92 Å². The number of anilines is 2. The Morgan fingerprint density at radius 1 is 1.56 bits per heavy atom. The molecule has 18 heavy (non-hydrogen) atoms. The normalized spacial score (nSPS) is 31.7. The molecule has 0 bridgehead atoms. The van der Waals surface area contributed by atoms with Crippen LogP contribution in [0.1, 0.15) is 13.2 Å². The lowest BCUT2D eigenvalue weighted by Crippen LogP contribution is -2.31. The van der Waals surface area contributed by atoms with Gasteiger partial charge in [0.2, 0.25) is 0 Å². The van der Waals surface area contributed by atoms with Crippen LogP contribution >= 0.6 is 0 Å². The highest BCUT2D eigenvalue weighted by Crippen LogP contribution is 2.33. The first-order chi connectivity index (χ1) is 8.45. The molecule has 2 heterocycles. The fourth-order valence-electron chi connectivity index (χ4n) is 2.04. The maximum Gasteiger partial charge on any atom is 0.351 e. The molecule has 8 nitrogen and oxygen atoms in total. The number of rotatable bonds is 2. The minimum Gasteiger partial charge on any atom is -0.395 e. The van der Waals surface area contributed by atoms with Crippen LogP contribution < -0.4 is 17.2 Å². The predicted octanol–water partition coefficient (Wildman–Crippen LogP) is -1.71. The second-order valence-electron chi connectivity index (χ2n) is 4.37. The van der Waals surface area contributed by atoms with Gasteiger partial charge in [-0.05, 0) is 0 Å². The predicted molar refractivity (Wildman–Crippen MR) is 63.5 cm³/mol. The first-order valence-corrected chi connectivity index (χ1v) is 5.54. The van der Waals surface area contributed by atoms with Gasteiger partial charge in [0.05, 0.1) is 18.4 Å². The van der Waals surface area contributed by atoms with Crippen molar-refractivity contribution in [1.82, 2.24) is 9.55 Å². The Hall–Kier alpha value is -1.64. The summed E-state index contributed by atoms with van der Waals surface area (Å²) in [5, 5.41) is 18.9. The Bertz CT molecular complexity index is 503. The van der Waals surface area contributed by atoms with Gasteiger partial charge in [0, 0.05) is 12.1 Å². The molecule has 6 N–H and O–H groups in total. The molecule has 0 aliphatic carbocycles. The lowest BCUT2D eigenvalue weighted by molar-refractivity contribution is -0.0475. The first kappa shape index (κ1) is 12.8. The van der Waals surface area contributed by atoms with Crippen molar-refractivity contribution < 1.29 is 14.9 Å². The summed E-state index contributed by atoms with van der Waals surface area (Å²) in [6.07, 6.45) is -0.973. The molecule has 0 saturated carbocycles. The van der Waals surface area contributed by atoms with Crippen LogP contribution in [-0.4, -0.2) is 38.6 Å². The number of ether oxygens (including phenoxy) is 1. The minimum atomic E-state index is -0.856. The second-order valence-corrected chi connectivity index (χ2v) is 4.37. The van der Waals surface area contributed by atoms with Crippen LogP contribution in [-0.2, 0) is 4.74 Å². The van der Waals surface area contributed by atoms with Gasteiger partial charge in [-0.1, -0.05) is 6.92 Å². The van der Waals surface area contributed by atoms with Gasteiger partial charge in [-0.25, -0.2) is 4.79 Å². The lowest BCUT2D eigenvalue weighted by Gasteiger charge is -2.18. The van der Waals surface area contributed by atoms with Crippen LogP contribution in [0.15, 0.2) is 11.0 Å². The van der Waals surface area contributed by atoms with E-state index in [1.165, 1.54) is 10.8 Å². The molecule has 1 aromatic rings. The fourth-order valence-corrected chi connectivity index (χ4v) is 2.04. The molecule has 0 unspecified atom stereocenters. The topological polar surface area (TPSA) is 137 Å². The van der Waals surface area contributed by atoms with Crippen LogP contribution in [0.2, 0.25) is 0 Å². The highest BCUT2D eigenvalue weighted by Gasteiger charge is 2.41. The van der Waals surface area contributed by atoms with Crippen molar-refractivity contribution in [3.8, 4) is 0 Å². The van der Waals surface area contributed by atoms with Gasteiger partial charge in [0.15, 0.2) is 5.82 Å². The zero-order chi connectivity index (χ0) is 13.4.